The van der Waals surface area contributed by atoms with Gasteiger partial charge in [-0.3, -0.25) is 0 Å². The van der Waals surface area contributed by atoms with Gasteiger partial charge in [-0.2, -0.15) is 0 Å². The fourth-order valence-electron chi connectivity index (χ4n) is 22.3. The quantitative estimate of drug-likeness (QED) is 0.0352. The second-order valence-corrected chi connectivity index (χ2v) is 41.1. The van der Waals surface area contributed by atoms with E-state index in [4.69, 9.17) is 75.8 Å². The van der Waals surface area contributed by atoms with Crippen LogP contribution >= 0.6 is 95.6 Å². The van der Waals surface area contributed by atoms with Crippen molar-refractivity contribution in [2.75, 3.05) is 54.3 Å². The summed E-state index contributed by atoms with van der Waals surface area (Å²) in [5.74, 6) is 9.16. The van der Waals surface area contributed by atoms with Crippen molar-refractivity contribution in [3.8, 4) is 92.0 Å². The van der Waals surface area contributed by atoms with E-state index >= 15 is 0 Å². The van der Waals surface area contributed by atoms with E-state index < -0.39 is 0 Å². The minimum absolute atomic E-state index is 0.0676. The molecule has 2 aliphatic carbocycles. The maximum absolute atomic E-state index is 7.78. The second kappa shape index (κ2) is 40.9. The van der Waals surface area contributed by atoms with Crippen molar-refractivity contribution >= 4 is 95.6 Å². The molecule has 0 N–H and O–H groups in total. The van der Waals surface area contributed by atoms with Gasteiger partial charge in [0.2, 0.25) is 54.3 Å². The molecule has 0 fully saturated rings. The summed E-state index contributed by atoms with van der Waals surface area (Å²) in [5, 5.41) is 0. The smallest absolute Gasteiger partial charge is 0.231 e. The highest BCUT2D eigenvalue weighted by atomic mass is 79.9. The Morgan fingerprint density at radius 1 is 0.173 bits per heavy atom. The van der Waals surface area contributed by atoms with Crippen LogP contribution in [0.15, 0.2) is 75.4 Å². The monoisotopic (exact) mass is 2110 g/mol. The van der Waals surface area contributed by atoms with Gasteiger partial charge in [-0.05, 0) is 195 Å². The molecule has 8 atom stereocenters. The lowest BCUT2D eigenvalue weighted by Crippen LogP contribution is -2.25. The van der Waals surface area contributed by atoms with Gasteiger partial charge in [0, 0.05) is 154 Å². The van der Waals surface area contributed by atoms with E-state index in [0.717, 1.165) is 332 Å². The van der Waals surface area contributed by atoms with E-state index in [-0.39, 0.29) is 108 Å². The Labute approximate surface area is 801 Å². The molecule has 22 heteroatoms. The SMILES string of the molecule is CCCCCC1c2cc3c4c(Br)c2OCOc2c1cc1c(c2Br)OCOc2c(cc5c(c2Cc2c6c7cc8c2OCOc2c(cc9c(c2Br)OCOc2c(cc%10c(c2Br)OCOc2c(cc(c(c2Br)OCO6)C7CCCCC)C%10CCCCC)C9CCCCC)C8CCCCC)OCOc2c(cc(c(c2Br)OCO4)C3CCCCC)C5CCCCC)C1CCCCC. The molecule has 8 aliphatic heterocycles. The highest BCUT2D eigenvalue weighted by molar-refractivity contribution is 9.11. The van der Waals surface area contributed by atoms with Gasteiger partial charge in [0.1, 0.15) is 119 Å². The molecular formula is C105H122Br6O16. The highest BCUT2D eigenvalue weighted by Crippen LogP contribution is 2.65. The maximum Gasteiger partial charge on any atom is 0.231 e. The first-order chi connectivity index (χ1) is 62.3. The summed E-state index contributed by atoms with van der Waals surface area (Å²) in [6.07, 6.45) is 30.7. The van der Waals surface area contributed by atoms with Crippen LogP contribution in [0.25, 0.3) is 0 Å². The van der Waals surface area contributed by atoms with Crippen LogP contribution in [0.5, 0.6) is 92.0 Å². The van der Waals surface area contributed by atoms with Crippen LogP contribution in [0.2, 0.25) is 0 Å². The average molecular weight is 2120 g/mol. The summed E-state index contributed by atoms with van der Waals surface area (Å²) in [4.78, 5) is 0. The molecule has 0 saturated heterocycles. The molecule has 18 rings (SSSR count). The van der Waals surface area contributed by atoms with Crippen molar-refractivity contribution in [1.82, 2.24) is 0 Å². The molecule has 0 aromatic heterocycles. The summed E-state index contributed by atoms with van der Waals surface area (Å²) in [6, 6.07) is 19.7. The van der Waals surface area contributed by atoms with Crippen molar-refractivity contribution < 1.29 is 75.8 Å². The molecule has 127 heavy (non-hydrogen) atoms. The van der Waals surface area contributed by atoms with Crippen molar-refractivity contribution in [2.24, 2.45) is 0 Å². The fraction of sp³-hybridized carbons (Fsp3) is 0.543. The Balaban J connectivity index is 0.979. The Morgan fingerprint density at radius 2 is 0.283 bits per heavy atom. The van der Waals surface area contributed by atoms with E-state index in [0.29, 0.717) is 92.0 Å². The summed E-state index contributed by atoms with van der Waals surface area (Å²) >= 11 is 25.9. The van der Waals surface area contributed by atoms with Crippen molar-refractivity contribution in [3.05, 3.63) is 176 Å². The normalized spacial score (nSPS) is 20.0. The molecular weight excluding hydrogens is 2000 g/mol. The molecule has 8 aromatic rings. The van der Waals surface area contributed by atoms with Crippen molar-refractivity contribution in [2.45, 2.75) is 315 Å². The molecule has 16 nitrogen and oxygen atoms in total. The first-order valence-electron chi connectivity index (χ1n) is 47.9. The Bertz CT molecular complexity index is 4760. The van der Waals surface area contributed by atoms with Crippen LogP contribution in [0.3, 0.4) is 0 Å². The molecule has 8 unspecified atom stereocenters. The Kier molecular flexibility index (Phi) is 29.3. The first-order valence-corrected chi connectivity index (χ1v) is 52.6. The zero-order valence-electron chi connectivity index (χ0n) is 75.0. The average Bonchev–Trinajstić information content (AvgIpc) is 0.719. The van der Waals surface area contributed by atoms with E-state index in [9.17, 15) is 0 Å². The Morgan fingerprint density at radius 3 is 0.402 bits per heavy atom. The molecule has 0 saturated carbocycles. The lowest BCUT2D eigenvalue weighted by Gasteiger charge is -2.37. The topological polar surface area (TPSA) is 148 Å². The van der Waals surface area contributed by atoms with E-state index in [1.807, 2.05) is 0 Å². The van der Waals surface area contributed by atoms with Crippen LogP contribution in [-0.2, 0) is 6.42 Å². The van der Waals surface area contributed by atoms with Gasteiger partial charge in [-0.1, -0.05) is 209 Å². The zero-order valence-corrected chi connectivity index (χ0v) is 84.5. The molecule has 0 spiro atoms. The maximum atomic E-state index is 7.78. The van der Waals surface area contributed by atoms with Crippen molar-refractivity contribution in [1.29, 1.82) is 0 Å². The molecule has 8 aromatic carbocycles. The van der Waals surface area contributed by atoms with Gasteiger partial charge >= 0.3 is 0 Å². The van der Waals surface area contributed by atoms with E-state index in [1.54, 1.807) is 0 Å². The van der Waals surface area contributed by atoms with Crippen molar-refractivity contribution in [3.63, 3.8) is 0 Å². The minimum Gasteiger partial charge on any atom is -0.457 e. The third-order valence-corrected chi connectivity index (χ3v) is 32.9. The number of halogens is 6. The molecule has 8 heterocycles. The largest absolute Gasteiger partial charge is 0.457 e. The summed E-state index contributed by atoms with van der Waals surface area (Å²) in [7, 11) is 0. The number of unbranched alkanes of at least 4 members (excludes halogenated alkanes) is 16. The fourth-order valence-corrected chi connectivity index (χ4v) is 26.4. The van der Waals surface area contributed by atoms with Gasteiger partial charge in [-0.15, -0.1) is 0 Å². The summed E-state index contributed by atoms with van der Waals surface area (Å²) < 4.78 is 122. The first kappa shape index (κ1) is 91.0. The molecule has 10 aliphatic rings. The van der Waals surface area contributed by atoms with Gasteiger partial charge in [0.05, 0.1) is 0 Å². The van der Waals surface area contributed by atoms with Crippen LogP contribution in [0, 0.1) is 0 Å². The summed E-state index contributed by atoms with van der Waals surface area (Å²) in [5.41, 5.74) is 18.8. The number of hydrogen-bond donors (Lipinski definition) is 0. The van der Waals surface area contributed by atoms with Crippen LogP contribution in [0.4, 0.5) is 0 Å². The van der Waals surface area contributed by atoms with Gasteiger partial charge in [-0.25, -0.2) is 0 Å². The molecule has 680 valence electrons. The lowest BCUT2D eigenvalue weighted by molar-refractivity contribution is 0.0949. The zero-order chi connectivity index (χ0) is 87.7. The number of hydrogen-bond acceptors (Lipinski definition) is 16. The number of benzene rings is 8. The number of ether oxygens (including phenoxy) is 16. The number of rotatable bonds is 34. The molecule has 0 radical (unpaired) electrons. The van der Waals surface area contributed by atoms with Gasteiger partial charge in [0.15, 0.2) is 0 Å². The summed E-state index contributed by atoms with van der Waals surface area (Å²) in [6.45, 7) is 17.5. The standard InChI is InChI=1S/C105H122Br6O16/c1-9-17-25-33-58-66-41-67-59(34-26-18-10-2)71-44-75-63(38-30-22-14-6)79-47-78-62(37-29-21-13-5)74-43-70(58)94-84(106)98(74)120-54-124-102(78)88(110)103(79)125-55-121-99(75)85(107)95(71)117-51-113-91(67)82(90(66)112-50-116-94)49-83-92-68-42-69-61(36-28-20-12-4)73-46-77-65(40-32-24-16-8)81-48-80-64(39-31-23-15-7)76-45-72(60(68)35-27-19-11-3)96(118-52-114-92)86(108)100(76)122-56-126-104(80)89(111)105(81)127-57-123-101(77)87(109)97(73)119-53-115-93(69)83/h41-48,58-65H,9-40,49-57H2,1-8H3. The molecule has 16 bridgehead atoms. The lowest BCUT2D eigenvalue weighted by atomic mass is 9.74. The Hall–Kier alpha value is -6.56. The second-order valence-electron chi connectivity index (χ2n) is 36.4. The highest BCUT2D eigenvalue weighted by Gasteiger charge is 2.46. The predicted octanol–water partition coefficient (Wildman–Crippen LogP) is 32.0. The van der Waals surface area contributed by atoms with Crippen LogP contribution < -0.4 is 75.8 Å². The predicted molar refractivity (Wildman–Crippen MR) is 517 cm³/mol. The van der Waals surface area contributed by atoms with Gasteiger partial charge in [0.25, 0.3) is 0 Å². The minimum atomic E-state index is -0.305. The van der Waals surface area contributed by atoms with E-state index in [2.05, 4.69) is 200 Å². The third kappa shape index (κ3) is 17.2. The molecule has 0 amide bonds. The van der Waals surface area contributed by atoms with Crippen LogP contribution in [0.1, 0.15) is 408 Å². The third-order valence-electron chi connectivity index (χ3n) is 28.6. The van der Waals surface area contributed by atoms with E-state index in [1.165, 1.54) is 0 Å². The van der Waals surface area contributed by atoms with Gasteiger partial charge < -0.3 is 75.8 Å². The van der Waals surface area contributed by atoms with Crippen LogP contribution in [-0.4, -0.2) is 54.3 Å².